The zero-order chi connectivity index (χ0) is 16.4. The number of anilines is 1. The van der Waals surface area contributed by atoms with Gasteiger partial charge in [-0.05, 0) is 42.7 Å². The Balaban J connectivity index is 1.44. The van der Waals surface area contributed by atoms with Gasteiger partial charge in [-0.3, -0.25) is 9.20 Å². The summed E-state index contributed by atoms with van der Waals surface area (Å²) < 4.78 is 7.37. The number of benzene rings is 1. The van der Waals surface area contributed by atoms with E-state index in [0.29, 0.717) is 13.0 Å². The van der Waals surface area contributed by atoms with Gasteiger partial charge in [0.15, 0.2) is 5.65 Å². The number of ether oxygens (including phenoxy) is 1. The number of pyridine rings is 1. The largest absolute Gasteiger partial charge is 0.368 e. The highest BCUT2D eigenvalue weighted by molar-refractivity contribution is 5.94. The monoisotopic (exact) mass is 322 g/mol. The maximum absolute atomic E-state index is 12.0. The topological polar surface area (TPSA) is 68.5 Å². The van der Waals surface area contributed by atoms with Crippen molar-refractivity contribution >= 4 is 17.2 Å². The number of fused-ring (bicyclic) bond motifs is 1. The lowest BCUT2D eigenvalue weighted by molar-refractivity contribution is -0.124. The molecule has 1 atom stereocenters. The average Bonchev–Trinajstić information content (AvgIpc) is 3.27. The number of carbonyl (C=O) groups excluding carboxylic acids is 1. The third kappa shape index (κ3) is 3.00. The SMILES string of the molecule is O=C(Nc1ccc(Cc2nnc3ccccn23)cc1)[C@H]1CCCO1. The molecule has 24 heavy (non-hydrogen) atoms. The van der Waals surface area contributed by atoms with Crippen molar-refractivity contribution in [3.8, 4) is 0 Å². The molecule has 3 heterocycles. The predicted octanol–water partition coefficient (Wildman–Crippen LogP) is 2.44. The molecule has 0 saturated carbocycles. The van der Waals surface area contributed by atoms with Crippen LogP contribution < -0.4 is 5.32 Å². The second-order valence-corrected chi connectivity index (χ2v) is 5.91. The Bertz CT molecular complexity index is 851. The van der Waals surface area contributed by atoms with Gasteiger partial charge in [0.2, 0.25) is 0 Å². The van der Waals surface area contributed by atoms with Crippen LogP contribution in [-0.2, 0) is 16.0 Å². The fourth-order valence-corrected chi connectivity index (χ4v) is 2.91. The predicted molar refractivity (Wildman–Crippen MR) is 89.8 cm³/mol. The lowest BCUT2D eigenvalue weighted by Crippen LogP contribution is -2.26. The highest BCUT2D eigenvalue weighted by Crippen LogP contribution is 2.17. The first-order valence-electron chi connectivity index (χ1n) is 8.10. The molecule has 0 unspecified atom stereocenters. The Hall–Kier alpha value is -2.73. The van der Waals surface area contributed by atoms with Crippen molar-refractivity contribution in [1.82, 2.24) is 14.6 Å². The molecule has 1 N–H and O–H groups in total. The van der Waals surface area contributed by atoms with Crippen LogP contribution in [0.3, 0.4) is 0 Å². The van der Waals surface area contributed by atoms with Gasteiger partial charge < -0.3 is 10.1 Å². The molecular formula is C18H18N4O2. The van der Waals surface area contributed by atoms with Crippen LogP contribution in [0, 0.1) is 0 Å². The van der Waals surface area contributed by atoms with Crippen LogP contribution in [0.25, 0.3) is 5.65 Å². The van der Waals surface area contributed by atoms with Crippen molar-refractivity contribution in [2.24, 2.45) is 0 Å². The number of hydrogen-bond acceptors (Lipinski definition) is 4. The quantitative estimate of drug-likeness (QED) is 0.801. The Kier molecular flexibility index (Phi) is 3.96. The summed E-state index contributed by atoms with van der Waals surface area (Å²) in [7, 11) is 0. The smallest absolute Gasteiger partial charge is 0.253 e. The van der Waals surface area contributed by atoms with Gasteiger partial charge in [0.05, 0.1) is 0 Å². The summed E-state index contributed by atoms with van der Waals surface area (Å²) in [5, 5.41) is 11.3. The van der Waals surface area contributed by atoms with Crippen LogP contribution in [0.4, 0.5) is 5.69 Å². The van der Waals surface area contributed by atoms with Gasteiger partial charge in [0, 0.05) is 24.9 Å². The number of carbonyl (C=O) groups is 1. The summed E-state index contributed by atoms with van der Waals surface area (Å²) in [6.45, 7) is 0.670. The Labute approximate surface area is 139 Å². The van der Waals surface area contributed by atoms with E-state index in [2.05, 4.69) is 15.5 Å². The summed E-state index contributed by atoms with van der Waals surface area (Å²) in [5.41, 5.74) is 2.74. The second-order valence-electron chi connectivity index (χ2n) is 5.91. The molecule has 4 rings (SSSR count). The van der Waals surface area contributed by atoms with E-state index in [1.54, 1.807) is 0 Å². The molecule has 1 saturated heterocycles. The maximum Gasteiger partial charge on any atom is 0.253 e. The lowest BCUT2D eigenvalue weighted by Gasteiger charge is -2.10. The van der Waals surface area contributed by atoms with Gasteiger partial charge >= 0.3 is 0 Å². The first-order valence-corrected chi connectivity index (χ1v) is 8.10. The minimum atomic E-state index is -0.313. The first kappa shape index (κ1) is 14.8. The van der Waals surface area contributed by atoms with E-state index in [1.807, 2.05) is 53.1 Å². The van der Waals surface area contributed by atoms with Crippen LogP contribution in [-0.4, -0.2) is 33.2 Å². The minimum absolute atomic E-state index is 0.0660. The summed E-state index contributed by atoms with van der Waals surface area (Å²) >= 11 is 0. The van der Waals surface area contributed by atoms with E-state index in [-0.39, 0.29) is 12.0 Å². The van der Waals surface area contributed by atoms with Crippen molar-refractivity contribution < 1.29 is 9.53 Å². The zero-order valence-corrected chi connectivity index (χ0v) is 13.2. The average molecular weight is 322 g/mol. The molecule has 0 spiro atoms. The highest BCUT2D eigenvalue weighted by Gasteiger charge is 2.23. The van der Waals surface area contributed by atoms with Crippen LogP contribution in [0.5, 0.6) is 0 Å². The van der Waals surface area contributed by atoms with E-state index in [1.165, 1.54) is 0 Å². The molecule has 2 aromatic heterocycles. The Morgan fingerprint density at radius 3 is 2.88 bits per heavy atom. The minimum Gasteiger partial charge on any atom is -0.368 e. The van der Waals surface area contributed by atoms with E-state index in [9.17, 15) is 4.79 Å². The summed E-state index contributed by atoms with van der Waals surface area (Å²) in [6.07, 6.45) is 4.08. The van der Waals surface area contributed by atoms with Gasteiger partial charge in [-0.15, -0.1) is 10.2 Å². The number of aromatic nitrogens is 3. The fourth-order valence-electron chi connectivity index (χ4n) is 2.91. The van der Waals surface area contributed by atoms with E-state index < -0.39 is 0 Å². The normalized spacial score (nSPS) is 17.2. The standard InChI is InChI=1S/C18H18N4O2/c23-18(15-4-3-11-24-15)19-14-8-6-13(7-9-14)12-17-21-20-16-5-1-2-10-22(16)17/h1-2,5-10,15H,3-4,11-12H2,(H,19,23)/t15-/m1/s1. The fraction of sp³-hybridized carbons (Fsp3) is 0.278. The number of rotatable bonds is 4. The molecule has 6 heteroatoms. The lowest BCUT2D eigenvalue weighted by atomic mass is 10.1. The second kappa shape index (κ2) is 6.41. The Morgan fingerprint density at radius 1 is 1.21 bits per heavy atom. The van der Waals surface area contributed by atoms with Crippen molar-refractivity contribution in [1.29, 1.82) is 0 Å². The first-order chi connectivity index (χ1) is 11.8. The van der Waals surface area contributed by atoms with E-state index in [4.69, 9.17) is 4.74 Å². The number of hydrogen-bond donors (Lipinski definition) is 1. The van der Waals surface area contributed by atoms with Crippen molar-refractivity contribution in [2.75, 3.05) is 11.9 Å². The van der Waals surface area contributed by atoms with Crippen LogP contribution in [0.2, 0.25) is 0 Å². The van der Waals surface area contributed by atoms with Crippen LogP contribution >= 0.6 is 0 Å². The van der Waals surface area contributed by atoms with Crippen LogP contribution in [0.1, 0.15) is 24.2 Å². The van der Waals surface area contributed by atoms with E-state index >= 15 is 0 Å². The molecule has 1 fully saturated rings. The number of nitrogens with one attached hydrogen (secondary N) is 1. The van der Waals surface area contributed by atoms with E-state index in [0.717, 1.165) is 35.6 Å². The summed E-state index contributed by atoms with van der Waals surface area (Å²) in [6, 6.07) is 13.6. The molecule has 0 aliphatic carbocycles. The summed E-state index contributed by atoms with van der Waals surface area (Å²) in [4.78, 5) is 12.0. The third-order valence-corrected chi connectivity index (χ3v) is 4.19. The van der Waals surface area contributed by atoms with Crippen LogP contribution in [0.15, 0.2) is 48.7 Å². The molecule has 122 valence electrons. The summed E-state index contributed by atoms with van der Waals surface area (Å²) in [5.74, 6) is 0.824. The molecule has 6 nitrogen and oxygen atoms in total. The molecule has 1 aromatic carbocycles. The molecular weight excluding hydrogens is 304 g/mol. The van der Waals surface area contributed by atoms with Gasteiger partial charge in [0.25, 0.3) is 5.91 Å². The molecule has 0 radical (unpaired) electrons. The number of amides is 1. The zero-order valence-electron chi connectivity index (χ0n) is 13.2. The van der Waals surface area contributed by atoms with Gasteiger partial charge in [-0.2, -0.15) is 0 Å². The van der Waals surface area contributed by atoms with Gasteiger partial charge in [-0.25, -0.2) is 0 Å². The highest BCUT2D eigenvalue weighted by atomic mass is 16.5. The molecule has 3 aromatic rings. The third-order valence-electron chi connectivity index (χ3n) is 4.19. The van der Waals surface area contributed by atoms with Gasteiger partial charge in [-0.1, -0.05) is 18.2 Å². The molecule has 0 bridgehead atoms. The van der Waals surface area contributed by atoms with Crippen molar-refractivity contribution in [3.05, 3.63) is 60.0 Å². The Morgan fingerprint density at radius 2 is 2.08 bits per heavy atom. The van der Waals surface area contributed by atoms with Gasteiger partial charge in [0.1, 0.15) is 11.9 Å². The van der Waals surface area contributed by atoms with Crippen molar-refractivity contribution in [2.45, 2.75) is 25.4 Å². The number of nitrogens with zero attached hydrogens (tertiary/aromatic N) is 3. The maximum atomic E-state index is 12.0. The molecule has 1 aliphatic heterocycles. The van der Waals surface area contributed by atoms with Crippen molar-refractivity contribution in [3.63, 3.8) is 0 Å². The molecule has 1 aliphatic rings. The molecule has 1 amide bonds.